The third-order valence-electron chi connectivity index (χ3n) is 5.18. The van der Waals surface area contributed by atoms with Crippen LogP contribution in [-0.2, 0) is 11.2 Å². The smallest absolute Gasteiger partial charge is 0.258 e. The van der Waals surface area contributed by atoms with Crippen LogP contribution in [0.15, 0.2) is 48.5 Å². The number of aliphatic hydroxyl groups excluding tert-OH is 1. The molecule has 1 amide bonds. The summed E-state index contributed by atoms with van der Waals surface area (Å²) in [5.41, 5.74) is 9.24. The topological polar surface area (TPSA) is 84.6 Å². The predicted molar refractivity (Wildman–Crippen MR) is 122 cm³/mol. The summed E-state index contributed by atoms with van der Waals surface area (Å²) < 4.78 is 5.78. The number of aryl methyl sites for hydroxylation is 2. The van der Waals surface area contributed by atoms with Gasteiger partial charge in [-0.05, 0) is 55.7 Å². The molecule has 30 heavy (non-hydrogen) atoms. The highest BCUT2D eigenvalue weighted by Crippen LogP contribution is 2.22. The minimum absolute atomic E-state index is 0.0955. The first-order chi connectivity index (χ1) is 14.3. The number of benzene rings is 2. The van der Waals surface area contributed by atoms with Crippen LogP contribution in [0.25, 0.3) is 0 Å². The van der Waals surface area contributed by atoms with Crippen molar-refractivity contribution in [3.63, 3.8) is 0 Å². The molecule has 0 aliphatic heterocycles. The Kier molecular flexibility index (Phi) is 9.34. The maximum Gasteiger partial charge on any atom is 0.258 e. The van der Waals surface area contributed by atoms with Gasteiger partial charge in [0.15, 0.2) is 6.61 Å². The number of carbonyl (C=O) groups is 1. The van der Waals surface area contributed by atoms with Gasteiger partial charge < -0.3 is 20.9 Å². The van der Waals surface area contributed by atoms with Crippen molar-refractivity contribution in [1.29, 1.82) is 0 Å². The largest absolute Gasteiger partial charge is 0.483 e. The standard InChI is InChI=1S/C25H36N2O3/c1-17(2)13-21(26)15-23(28)22(14-20-11-6-5-7-12-20)27-24(29)16-30-25-18(3)9-8-10-19(25)4/h5-12,17,21-23,28H,13-16,26H2,1-4H3,(H,27,29)/t21-,22-,23-/m0/s1. The molecule has 164 valence electrons. The average Bonchev–Trinajstić information content (AvgIpc) is 2.67. The summed E-state index contributed by atoms with van der Waals surface area (Å²) in [7, 11) is 0. The Labute approximate surface area is 180 Å². The first kappa shape index (κ1) is 23.9. The number of rotatable bonds is 11. The van der Waals surface area contributed by atoms with Crippen molar-refractivity contribution < 1.29 is 14.6 Å². The molecule has 2 aromatic rings. The van der Waals surface area contributed by atoms with Crippen LogP contribution in [0.5, 0.6) is 5.75 Å². The van der Waals surface area contributed by atoms with Gasteiger partial charge in [0.25, 0.3) is 5.91 Å². The molecule has 0 saturated heterocycles. The molecule has 0 fully saturated rings. The number of carbonyl (C=O) groups excluding carboxylic acids is 1. The van der Waals surface area contributed by atoms with Crippen molar-refractivity contribution in [2.45, 2.75) is 65.1 Å². The van der Waals surface area contributed by atoms with Gasteiger partial charge in [0, 0.05) is 6.04 Å². The molecule has 0 unspecified atom stereocenters. The highest BCUT2D eigenvalue weighted by atomic mass is 16.5. The Morgan fingerprint density at radius 3 is 2.27 bits per heavy atom. The van der Waals surface area contributed by atoms with Crippen molar-refractivity contribution in [2.75, 3.05) is 6.61 Å². The molecular formula is C25H36N2O3. The highest BCUT2D eigenvalue weighted by Gasteiger charge is 2.24. The third kappa shape index (κ3) is 7.81. The first-order valence-corrected chi connectivity index (χ1v) is 10.7. The average molecular weight is 413 g/mol. The molecule has 0 aliphatic carbocycles. The van der Waals surface area contributed by atoms with Crippen molar-refractivity contribution in [2.24, 2.45) is 11.7 Å². The maximum absolute atomic E-state index is 12.6. The number of ether oxygens (including phenoxy) is 1. The van der Waals surface area contributed by atoms with Crippen LogP contribution >= 0.6 is 0 Å². The van der Waals surface area contributed by atoms with E-state index in [1.54, 1.807) is 0 Å². The molecule has 0 bridgehead atoms. The number of hydrogen-bond acceptors (Lipinski definition) is 4. The fourth-order valence-corrected chi connectivity index (χ4v) is 3.74. The Morgan fingerprint density at radius 2 is 1.67 bits per heavy atom. The van der Waals surface area contributed by atoms with E-state index in [1.165, 1.54) is 0 Å². The Bertz CT molecular complexity index is 772. The molecule has 0 aromatic heterocycles. The second kappa shape index (κ2) is 11.7. The fraction of sp³-hybridized carbons (Fsp3) is 0.480. The van der Waals surface area contributed by atoms with Crippen LogP contribution in [0.4, 0.5) is 0 Å². The number of nitrogens with two attached hydrogens (primary N) is 1. The van der Waals surface area contributed by atoms with E-state index in [4.69, 9.17) is 10.5 Å². The third-order valence-corrected chi connectivity index (χ3v) is 5.18. The summed E-state index contributed by atoms with van der Waals surface area (Å²) in [4.78, 5) is 12.6. The quantitative estimate of drug-likeness (QED) is 0.527. The number of nitrogens with one attached hydrogen (secondary N) is 1. The molecular weight excluding hydrogens is 376 g/mol. The molecule has 0 radical (unpaired) electrons. The number of amides is 1. The molecule has 0 aliphatic rings. The lowest BCUT2D eigenvalue weighted by molar-refractivity contribution is -0.124. The van der Waals surface area contributed by atoms with Gasteiger partial charge in [-0.1, -0.05) is 62.4 Å². The molecule has 0 saturated carbocycles. The summed E-state index contributed by atoms with van der Waals surface area (Å²) in [5.74, 6) is 0.932. The highest BCUT2D eigenvalue weighted by molar-refractivity contribution is 5.78. The molecule has 2 aromatic carbocycles. The molecule has 2 rings (SSSR count). The van der Waals surface area contributed by atoms with Crippen molar-refractivity contribution in [3.05, 3.63) is 65.2 Å². The minimum atomic E-state index is -0.733. The first-order valence-electron chi connectivity index (χ1n) is 10.7. The lowest BCUT2D eigenvalue weighted by Crippen LogP contribution is -2.48. The molecule has 5 nitrogen and oxygen atoms in total. The van der Waals surface area contributed by atoms with E-state index >= 15 is 0 Å². The van der Waals surface area contributed by atoms with Crippen molar-refractivity contribution in [3.8, 4) is 5.75 Å². The predicted octanol–water partition coefficient (Wildman–Crippen LogP) is 3.53. The van der Waals surface area contributed by atoms with Crippen molar-refractivity contribution >= 4 is 5.91 Å². The molecule has 3 atom stereocenters. The number of aliphatic hydroxyl groups is 1. The molecule has 0 heterocycles. The zero-order valence-corrected chi connectivity index (χ0v) is 18.6. The van der Waals surface area contributed by atoms with Gasteiger partial charge in [0.05, 0.1) is 12.1 Å². The van der Waals surface area contributed by atoms with Gasteiger partial charge >= 0.3 is 0 Å². The van der Waals surface area contributed by atoms with E-state index in [0.29, 0.717) is 18.8 Å². The van der Waals surface area contributed by atoms with Crippen LogP contribution in [0.2, 0.25) is 0 Å². The van der Waals surface area contributed by atoms with Gasteiger partial charge in [-0.3, -0.25) is 4.79 Å². The monoisotopic (exact) mass is 412 g/mol. The van der Waals surface area contributed by atoms with Crippen LogP contribution in [0.3, 0.4) is 0 Å². The van der Waals surface area contributed by atoms with Crippen LogP contribution in [-0.4, -0.2) is 35.8 Å². The Hall–Kier alpha value is -2.37. The van der Waals surface area contributed by atoms with Crippen LogP contribution in [0.1, 0.15) is 43.4 Å². The van der Waals surface area contributed by atoms with Crippen LogP contribution < -0.4 is 15.8 Å². The zero-order valence-electron chi connectivity index (χ0n) is 18.6. The summed E-state index contributed by atoms with van der Waals surface area (Å²) in [6.07, 6.45) is 1.07. The van der Waals surface area contributed by atoms with Gasteiger partial charge in [-0.15, -0.1) is 0 Å². The zero-order chi connectivity index (χ0) is 22.1. The van der Waals surface area contributed by atoms with E-state index < -0.39 is 12.1 Å². The minimum Gasteiger partial charge on any atom is -0.483 e. The molecule has 5 heteroatoms. The van der Waals surface area contributed by atoms with Gasteiger partial charge in [-0.25, -0.2) is 0 Å². The second-order valence-electron chi connectivity index (χ2n) is 8.57. The van der Waals surface area contributed by atoms with Crippen LogP contribution in [0, 0.1) is 19.8 Å². The van der Waals surface area contributed by atoms with E-state index in [9.17, 15) is 9.90 Å². The summed E-state index contributed by atoms with van der Waals surface area (Å²) >= 11 is 0. The fourth-order valence-electron chi connectivity index (χ4n) is 3.74. The van der Waals surface area contributed by atoms with E-state index in [2.05, 4.69) is 19.2 Å². The summed E-state index contributed by atoms with van der Waals surface area (Å²) in [6.45, 7) is 8.04. The Balaban J connectivity index is 2.02. The normalized spacial score (nSPS) is 14.2. The SMILES string of the molecule is Cc1cccc(C)c1OCC(=O)N[C@@H](Cc1ccccc1)[C@@H](O)C[C@@H](N)CC(C)C. The lowest BCUT2D eigenvalue weighted by Gasteiger charge is -2.27. The maximum atomic E-state index is 12.6. The van der Waals surface area contributed by atoms with Crippen molar-refractivity contribution in [1.82, 2.24) is 5.32 Å². The van der Waals surface area contributed by atoms with E-state index in [1.807, 2.05) is 62.4 Å². The van der Waals surface area contributed by atoms with Gasteiger partial charge in [0.2, 0.25) is 0 Å². The summed E-state index contributed by atoms with van der Waals surface area (Å²) in [5, 5.41) is 13.8. The van der Waals surface area contributed by atoms with Gasteiger partial charge in [0.1, 0.15) is 5.75 Å². The second-order valence-corrected chi connectivity index (χ2v) is 8.57. The summed E-state index contributed by atoms with van der Waals surface area (Å²) in [6, 6.07) is 15.2. The number of hydrogen-bond donors (Lipinski definition) is 3. The van der Waals surface area contributed by atoms with E-state index in [0.717, 1.165) is 28.9 Å². The Morgan fingerprint density at radius 1 is 1.03 bits per heavy atom. The van der Waals surface area contributed by atoms with E-state index in [-0.39, 0.29) is 18.6 Å². The molecule has 0 spiro atoms. The number of para-hydroxylation sites is 1. The van der Waals surface area contributed by atoms with Gasteiger partial charge in [-0.2, -0.15) is 0 Å². The lowest BCUT2D eigenvalue weighted by atomic mass is 9.93. The molecule has 4 N–H and O–H groups in total.